The third kappa shape index (κ3) is 18.3. The molecule has 35 heteroatoms. The number of benzene rings is 3. The molecule has 9 heterocycles. The summed E-state index contributed by atoms with van der Waals surface area (Å²) < 4.78 is 3.99. The van der Waals surface area contributed by atoms with E-state index in [0.717, 1.165) is 27.2 Å². The molecule has 98 heavy (non-hydrogen) atoms. The fourth-order valence-electron chi connectivity index (χ4n) is 11.0. The van der Waals surface area contributed by atoms with Gasteiger partial charge in [-0.15, -0.1) is 0 Å². The molecular weight excluding hydrogens is 1490 g/mol. The molecule has 0 unspecified atom stereocenters. The second-order valence-electron chi connectivity index (χ2n) is 21.2. The summed E-state index contributed by atoms with van der Waals surface area (Å²) in [6.45, 7) is 8.34. The molecule has 514 valence electrons. The standard InChI is InChI=1S/C34H27BrN8O5.C26H25BrN8O3.C2H6O.CH4.H4N2.H2O.S5/c1-18(44)30-24-14-20(21-15-36-19(2)37-16-21)10-11-25(24)42(40-30)17-29(45)41-13-12-26(31(41)32(46)39-28-9-5-8-27(35)38-28)43-33(47)22-6-3-4-7-23(22)34(43)48;1-14(36)24-18-10-16(17-11-29-15(2)30-12-17)6-7-20(18)35(33-24)13-23(37)34-9-8-19(28)25(34)26(38)32-22-5-3-4-21(27)31-22;1-2-3;;1-2;;1-3-5-4-2/h3-11,14-16,26,31H,12-13,17H2,1-2H3,(H,38,39,46);3-7,10-12,19,25H,8-9,13,28H2,1-2H3,(H,31,32,38);3H,2H2,1H3;1H4;1-2H2;1H2;/t26-,31+;19-,25+;;;;;/m11...../s1. The van der Waals surface area contributed by atoms with Crippen molar-refractivity contribution in [3.05, 3.63) is 165 Å². The number of halogens is 2. The van der Waals surface area contributed by atoms with Crippen LogP contribution in [0.5, 0.6) is 0 Å². The highest BCUT2D eigenvalue weighted by Crippen LogP contribution is 2.34. The average molecular weight is 1560 g/mol. The Bertz CT molecular complexity index is 4550. The van der Waals surface area contributed by atoms with Gasteiger partial charge in [-0.3, -0.25) is 64.3 Å². The first-order valence-electron chi connectivity index (χ1n) is 29.1. The zero-order chi connectivity index (χ0) is 69.5. The summed E-state index contributed by atoms with van der Waals surface area (Å²) >= 11 is 15.5. The SMILES string of the molecule is C.CC(=O)c1nn(CC(=O)N2CC[C@@H](N)[C@H]2C(=O)Nc2cccc(Br)n2)c2ccc(-c3cnc(C)nc3)cc12.CC(=O)c1nn(CC(=O)N2CC[C@@H](N3C(=O)c4ccccc4C3=O)[C@H]2C(=O)Nc2cccc(Br)n2)c2ccc(-c3cnc(C)nc3)cc12.CCO.NN.O.S=S=S=S=S. The van der Waals surface area contributed by atoms with Crippen molar-refractivity contribution in [2.24, 2.45) is 17.4 Å². The Labute approximate surface area is 597 Å². The van der Waals surface area contributed by atoms with Crippen LogP contribution in [0, 0.1) is 13.8 Å². The molecule has 0 aliphatic carbocycles. The highest BCUT2D eigenvalue weighted by atomic mass is 79.9. The molecular formula is C63H68Br2N18O10S5. The predicted molar refractivity (Wildman–Crippen MR) is 389 cm³/mol. The highest BCUT2D eigenvalue weighted by Gasteiger charge is 2.51. The number of pyridine rings is 2. The quantitative estimate of drug-likeness (QED) is 0.0276. The molecule has 11 N–H and O–H groups in total. The minimum absolute atomic E-state index is 0. The van der Waals surface area contributed by atoms with Gasteiger partial charge >= 0.3 is 0 Å². The largest absolute Gasteiger partial charge is 0.412 e. The Morgan fingerprint density at radius 3 is 1.40 bits per heavy atom. The van der Waals surface area contributed by atoms with E-state index in [9.17, 15) is 38.4 Å². The number of anilines is 2. The number of carbonyl (C=O) groups is 8. The second kappa shape index (κ2) is 36.2. The molecule has 0 saturated carbocycles. The van der Waals surface area contributed by atoms with Gasteiger partial charge in [-0.1, -0.05) is 43.8 Å². The van der Waals surface area contributed by atoms with Gasteiger partial charge < -0.3 is 36.7 Å². The Hall–Kier alpha value is -8.72. The van der Waals surface area contributed by atoms with Gasteiger partial charge in [0.2, 0.25) is 23.6 Å². The number of nitrogens with two attached hydrogens (primary N) is 3. The second-order valence-corrected chi connectivity index (χ2v) is 28.1. The van der Waals surface area contributed by atoms with Gasteiger partial charge in [0.1, 0.15) is 69.1 Å². The lowest BCUT2D eigenvalue weighted by Crippen LogP contribution is -2.55. The maximum atomic E-state index is 14.1. The number of ketones is 2. The molecule has 0 spiro atoms. The van der Waals surface area contributed by atoms with Crippen molar-refractivity contribution >= 4 is 161 Å². The molecule has 6 amide bonds. The van der Waals surface area contributed by atoms with Gasteiger partial charge in [0, 0.05) is 135 Å². The number of likely N-dealkylation sites (tertiary alicyclic amines) is 2. The maximum Gasteiger partial charge on any atom is 0.261 e. The first-order valence-corrected chi connectivity index (χ1v) is 36.1. The van der Waals surface area contributed by atoms with E-state index in [0.29, 0.717) is 61.4 Å². The lowest BCUT2D eigenvalue weighted by molar-refractivity contribution is -0.138. The summed E-state index contributed by atoms with van der Waals surface area (Å²) in [5.74, 6) is 6.51. The van der Waals surface area contributed by atoms with Gasteiger partial charge in [0.25, 0.3) is 11.8 Å². The van der Waals surface area contributed by atoms with Gasteiger partial charge in [-0.05, 0) is 137 Å². The molecule has 2 fully saturated rings. The summed E-state index contributed by atoms with van der Waals surface area (Å²) in [4.78, 5) is 136. The van der Waals surface area contributed by atoms with Crippen molar-refractivity contribution in [1.82, 2.24) is 64.2 Å². The van der Waals surface area contributed by atoms with E-state index in [4.69, 9.17) is 10.8 Å². The van der Waals surface area contributed by atoms with Crippen molar-refractivity contribution in [2.75, 3.05) is 30.3 Å². The van der Waals surface area contributed by atoms with Crippen molar-refractivity contribution in [2.45, 2.75) is 92.1 Å². The van der Waals surface area contributed by atoms with Crippen molar-refractivity contribution in [1.29, 1.82) is 0 Å². The van der Waals surface area contributed by atoms with Crippen LogP contribution in [0.2, 0.25) is 0 Å². The predicted octanol–water partition coefficient (Wildman–Crippen LogP) is 5.41. The van der Waals surface area contributed by atoms with Crippen LogP contribution in [0.15, 0.2) is 131 Å². The third-order valence-electron chi connectivity index (χ3n) is 15.1. The van der Waals surface area contributed by atoms with Crippen LogP contribution in [0.25, 0.3) is 44.1 Å². The van der Waals surface area contributed by atoms with Gasteiger partial charge in [0.05, 0.1) is 28.2 Å². The van der Waals surface area contributed by atoms with E-state index in [2.05, 4.69) is 117 Å². The number of aryl methyl sites for hydroxylation is 2. The van der Waals surface area contributed by atoms with Crippen LogP contribution in [-0.2, 0) is 81.3 Å². The Balaban J connectivity index is 0.000000273. The van der Waals surface area contributed by atoms with Crippen LogP contribution >= 0.6 is 31.9 Å². The Morgan fingerprint density at radius 1 is 0.612 bits per heavy atom. The van der Waals surface area contributed by atoms with Gasteiger partial charge in [-0.25, -0.2) is 29.9 Å². The van der Waals surface area contributed by atoms with Crippen LogP contribution in [0.3, 0.4) is 0 Å². The molecule has 3 aliphatic rings. The zero-order valence-corrected chi connectivity index (χ0v) is 59.6. The minimum atomic E-state index is -1.22. The minimum Gasteiger partial charge on any atom is -0.412 e. The van der Waals surface area contributed by atoms with E-state index in [1.807, 2.05) is 30.3 Å². The number of hydrogen-bond acceptors (Lipinski definition) is 22. The van der Waals surface area contributed by atoms with E-state index in [1.165, 1.54) is 59.7 Å². The number of imide groups is 1. The summed E-state index contributed by atoms with van der Waals surface area (Å²) in [5.41, 5.74) is 11.5. The summed E-state index contributed by atoms with van der Waals surface area (Å²) in [7, 11) is 3.95. The van der Waals surface area contributed by atoms with E-state index in [-0.39, 0.29) is 91.4 Å². The lowest BCUT2D eigenvalue weighted by atomic mass is 10.0. The molecule has 6 aromatic heterocycles. The zero-order valence-electron chi connectivity index (χ0n) is 52.4. The number of carbonyl (C=O) groups excluding carboxylic acids is 8. The van der Waals surface area contributed by atoms with E-state index in [1.54, 1.807) is 112 Å². The Morgan fingerprint density at radius 2 is 1.01 bits per heavy atom. The Kier molecular flexibility index (Phi) is 28.9. The third-order valence-corrected chi connectivity index (χ3v) is 20.4. The average Bonchev–Trinajstić information content (AvgIpc) is 1.60. The first kappa shape index (κ1) is 78.3. The van der Waals surface area contributed by atoms with Crippen LogP contribution in [0.1, 0.15) is 94.4 Å². The molecule has 12 rings (SSSR count). The van der Waals surface area contributed by atoms with Crippen molar-refractivity contribution in [3.63, 3.8) is 0 Å². The van der Waals surface area contributed by atoms with E-state index >= 15 is 0 Å². The number of amides is 6. The highest BCUT2D eigenvalue weighted by molar-refractivity contribution is 9.10. The number of hydrogen-bond donors (Lipinski definition) is 6. The number of nitrogens with one attached hydrogen (secondary N) is 2. The molecule has 4 atom stereocenters. The number of Topliss-reactive ketones (excluding diaryl/α,β-unsaturated/α-hetero) is 2. The maximum absolute atomic E-state index is 14.1. The molecule has 9 aromatic rings. The number of hydrazine groups is 1. The fraction of sp³-hybridized carbons (Fsp3) is 0.270. The molecule has 28 nitrogen and oxygen atoms in total. The molecule has 2 saturated heterocycles. The number of rotatable bonds is 13. The first-order chi connectivity index (χ1) is 46.1. The molecule has 0 bridgehead atoms. The van der Waals surface area contributed by atoms with Gasteiger partial charge in [-0.2, -0.15) is 10.2 Å². The fourth-order valence-corrected chi connectivity index (χ4v) is 14.4. The smallest absolute Gasteiger partial charge is 0.261 e. The number of aromatic nitrogens is 10. The number of fused-ring (bicyclic) bond motifs is 3. The molecule has 3 aliphatic heterocycles. The van der Waals surface area contributed by atoms with Crippen LogP contribution < -0.4 is 28.1 Å². The summed E-state index contributed by atoms with van der Waals surface area (Å²) in [6.07, 6.45) is 7.49. The normalized spacial score (nSPS) is 15.6. The monoisotopic (exact) mass is 1550 g/mol. The number of nitrogens with zero attached hydrogens (tertiary/aromatic N) is 13. The van der Waals surface area contributed by atoms with Crippen LogP contribution in [0.4, 0.5) is 11.6 Å². The summed E-state index contributed by atoms with van der Waals surface area (Å²) in [5, 5.41) is 23.2. The van der Waals surface area contributed by atoms with Crippen LogP contribution in [-0.4, -0.2) is 166 Å². The number of aliphatic hydroxyl groups excluding tert-OH is 1. The van der Waals surface area contributed by atoms with Crippen molar-refractivity contribution < 1.29 is 48.9 Å². The number of aliphatic hydroxyl groups is 1. The lowest BCUT2D eigenvalue weighted by Gasteiger charge is -2.31. The molecule has 3 aromatic carbocycles. The van der Waals surface area contributed by atoms with E-state index < -0.39 is 53.7 Å². The molecule has 0 radical (unpaired) electrons. The van der Waals surface area contributed by atoms with Crippen molar-refractivity contribution in [3.8, 4) is 22.3 Å². The van der Waals surface area contributed by atoms with Gasteiger partial charge in [0.15, 0.2) is 11.6 Å². The topological polar surface area (TPSA) is 413 Å². The summed E-state index contributed by atoms with van der Waals surface area (Å²) in [6, 6.07) is 24.0.